The van der Waals surface area contributed by atoms with E-state index < -0.39 is 5.24 Å². The monoisotopic (exact) mass is 306 g/mol. The van der Waals surface area contributed by atoms with Crippen LogP contribution in [0.15, 0.2) is 54.6 Å². The molecule has 0 saturated heterocycles. The van der Waals surface area contributed by atoms with Crippen LogP contribution in [0.5, 0.6) is 5.75 Å². The smallest absolute Gasteiger partial charge is 0.245 e. The van der Waals surface area contributed by atoms with Gasteiger partial charge in [-0.05, 0) is 41.4 Å². The van der Waals surface area contributed by atoms with Crippen LogP contribution in [0.25, 0.3) is 6.08 Å². The summed E-state index contributed by atoms with van der Waals surface area (Å²) in [5.74, 6) is 0.735. The van der Waals surface area contributed by atoms with E-state index in [9.17, 15) is 4.79 Å². The van der Waals surface area contributed by atoms with Gasteiger partial charge in [0.05, 0.1) is 0 Å². The number of hydrogen-bond donors (Lipinski definition) is 0. The van der Waals surface area contributed by atoms with Crippen LogP contribution in [0.1, 0.15) is 11.1 Å². The normalized spacial score (nSPS) is 10.7. The first kappa shape index (κ1) is 14.6. The molecule has 0 spiro atoms. The van der Waals surface area contributed by atoms with Gasteiger partial charge in [-0.1, -0.05) is 48.0 Å². The van der Waals surface area contributed by atoms with Gasteiger partial charge >= 0.3 is 0 Å². The SMILES string of the molecule is O=C(Cl)/C=C/c1ccc(OCc2ccccc2Cl)cc1. The van der Waals surface area contributed by atoms with Crippen molar-refractivity contribution in [2.45, 2.75) is 6.61 Å². The van der Waals surface area contributed by atoms with Crippen molar-refractivity contribution >= 4 is 34.5 Å². The van der Waals surface area contributed by atoms with Crippen LogP contribution >= 0.6 is 23.2 Å². The van der Waals surface area contributed by atoms with Crippen molar-refractivity contribution in [2.75, 3.05) is 0 Å². The predicted molar refractivity (Wildman–Crippen MR) is 82.1 cm³/mol. The van der Waals surface area contributed by atoms with E-state index in [1.165, 1.54) is 6.08 Å². The van der Waals surface area contributed by atoms with Gasteiger partial charge < -0.3 is 4.74 Å². The van der Waals surface area contributed by atoms with Crippen molar-refractivity contribution in [1.82, 2.24) is 0 Å². The van der Waals surface area contributed by atoms with E-state index in [0.29, 0.717) is 11.6 Å². The second kappa shape index (κ2) is 7.13. The number of carbonyl (C=O) groups is 1. The highest BCUT2D eigenvalue weighted by atomic mass is 35.5. The third-order valence-electron chi connectivity index (χ3n) is 2.64. The summed E-state index contributed by atoms with van der Waals surface area (Å²) in [4.78, 5) is 10.6. The predicted octanol–water partition coefficient (Wildman–Crippen LogP) is 4.70. The number of allylic oxidation sites excluding steroid dienone is 1. The van der Waals surface area contributed by atoms with E-state index in [0.717, 1.165) is 16.9 Å². The fourth-order valence-corrected chi connectivity index (χ4v) is 1.87. The molecule has 0 fully saturated rings. The summed E-state index contributed by atoms with van der Waals surface area (Å²) in [6, 6.07) is 14.9. The summed E-state index contributed by atoms with van der Waals surface area (Å²) in [6.45, 7) is 0.412. The van der Waals surface area contributed by atoms with Gasteiger partial charge in [0.25, 0.3) is 0 Å². The van der Waals surface area contributed by atoms with Crippen LogP contribution in [0.3, 0.4) is 0 Å². The maximum atomic E-state index is 10.6. The van der Waals surface area contributed by atoms with Crippen molar-refractivity contribution < 1.29 is 9.53 Å². The number of hydrogen-bond acceptors (Lipinski definition) is 2. The Morgan fingerprint density at radius 2 is 1.80 bits per heavy atom. The van der Waals surface area contributed by atoms with Crippen LogP contribution in [0.2, 0.25) is 5.02 Å². The van der Waals surface area contributed by atoms with Crippen LogP contribution in [0.4, 0.5) is 0 Å². The second-order valence-corrected chi connectivity index (χ2v) is 4.87. The summed E-state index contributed by atoms with van der Waals surface area (Å²) >= 11 is 11.3. The number of carbonyl (C=O) groups excluding carboxylic acids is 1. The molecule has 0 aliphatic rings. The molecule has 2 aromatic rings. The van der Waals surface area contributed by atoms with Crippen molar-refractivity contribution in [3.63, 3.8) is 0 Å². The van der Waals surface area contributed by atoms with Gasteiger partial charge in [-0.25, -0.2) is 0 Å². The molecule has 0 saturated carbocycles. The first-order valence-electron chi connectivity index (χ1n) is 5.99. The lowest BCUT2D eigenvalue weighted by Crippen LogP contribution is -1.95. The zero-order valence-corrected chi connectivity index (χ0v) is 12.1. The minimum atomic E-state index is -0.496. The van der Waals surface area contributed by atoms with E-state index in [1.807, 2.05) is 48.5 Å². The Morgan fingerprint density at radius 3 is 2.45 bits per heavy atom. The lowest BCUT2D eigenvalue weighted by atomic mass is 10.2. The van der Waals surface area contributed by atoms with E-state index in [-0.39, 0.29) is 0 Å². The van der Waals surface area contributed by atoms with Gasteiger partial charge in [-0.3, -0.25) is 4.79 Å². The van der Waals surface area contributed by atoms with Gasteiger partial charge in [0.2, 0.25) is 5.24 Å². The number of halogens is 2. The summed E-state index contributed by atoms with van der Waals surface area (Å²) < 4.78 is 5.65. The molecule has 0 aromatic heterocycles. The molecule has 0 N–H and O–H groups in total. The van der Waals surface area contributed by atoms with Crippen LogP contribution in [0, 0.1) is 0 Å². The molecule has 20 heavy (non-hydrogen) atoms. The highest BCUT2D eigenvalue weighted by Crippen LogP contribution is 2.19. The summed E-state index contributed by atoms with van der Waals surface area (Å²) in [5, 5.41) is 0.191. The van der Waals surface area contributed by atoms with E-state index in [4.69, 9.17) is 27.9 Å². The molecule has 2 rings (SSSR count). The highest BCUT2D eigenvalue weighted by Gasteiger charge is 2.00. The largest absolute Gasteiger partial charge is 0.489 e. The van der Waals surface area contributed by atoms with Crippen molar-refractivity contribution in [3.8, 4) is 5.75 Å². The fraction of sp³-hybridized carbons (Fsp3) is 0.0625. The zero-order chi connectivity index (χ0) is 14.4. The highest BCUT2D eigenvalue weighted by molar-refractivity contribution is 6.66. The maximum absolute atomic E-state index is 10.6. The first-order valence-corrected chi connectivity index (χ1v) is 6.74. The van der Waals surface area contributed by atoms with Gasteiger partial charge in [0, 0.05) is 10.6 Å². The molecule has 0 bridgehead atoms. The number of benzene rings is 2. The average molecular weight is 307 g/mol. The van der Waals surface area contributed by atoms with Gasteiger partial charge in [0.1, 0.15) is 12.4 Å². The summed E-state index contributed by atoms with van der Waals surface area (Å²) in [6.07, 6.45) is 2.95. The molecule has 0 atom stereocenters. The molecule has 4 heteroatoms. The average Bonchev–Trinajstić information content (AvgIpc) is 2.45. The van der Waals surface area contributed by atoms with Gasteiger partial charge in [0.15, 0.2) is 0 Å². The van der Waals surface area contributed by atoms with E-state index >= 15 is 0 Å². The number of rotatable bonds is 5. The molecule has 2 aromatic carbocycles. The van der Waals surface area contributed by atoms with Crippen molar-refractivity contribution in [1.29, 1.82) is 0 Å². The maximum Gasteiger partial charge on any atom is 0.245 e. The molecule has 0 heterocycles. The third-order valence-corrected chi connectivity index (χ3v) is 3.13. The molecule has 2 nitrogen and oxygen atoms in total. The lowest BCUT2D eigenvalue weighted by Gasteiger charge is -2.07. The fourth-order valence-electron chi connectivity index (χ4n) is 1.61. The van der Waals surface area contributed by atoms with Gasteiger partial charge in [-0.15, -0.1) is 0 Å². The second-order valence-electron chi connectivity index (χ2n) is 4.09. The standard InChI is InChI=1S/C16H12Cl2O2/c17-15-4-2-1-3-13(15)11-20-14-8-5-12(6-9-14)7-10-16(18)19/h1-10H,11H2/b10-7+. The molecule has 0 unspecified atom stereocenters. The van der Waals surface area contributed by atoms with E-state index in [2.05, 4.69) is 0 Å². The number of ether oxygens (including phenoxy) is 1. The minimum absolute atomic E-state index is 0.412. The lowest BCUT2D eigenvalue weighted by molar-refractivity contribution is -0.107. The van der Waals surface area contributed by atoms with Crippen LogP contribution in [-0.2, 0) is 11.4 Å². The quantitative estimate of drug-likeness (QED) is 0.591. The van der Waals surface area contributed by atoms with Crippen molar-refractivity contribution in [2.24, 2.45) is 0 Å². The Labute approximate surface area is 127 Å². The summed E-state index contributed by atoms with van der Waals surface area (Å²) in [7, 11) is 0. The molecular formula is C16H12Cl2O2. The molecule has 0 aliphatic carbocycles. The Morgan fingerprint density at radius 1 is 1.10 bits per heavy atom. The van der Waals surface area contributed by atoms with Crippen molar-refractivity contribution in [3.05, 3.63) is 70.8 Å². The molecule has 0 amide bonds. The van der Waals surface area contributed by atoms with Crippen LogP contribution < -0.4 is 4.74 Å². The Bertz CT molecular complexity index is 619. The minimum Gasteiger partial charge on any atom is -0.489 e. The zero-order valence-electron chi connectivity index (χ0n) is 10.6. The molecule has 0 radical (unpaired) electrons. The Balaban J connectivity index is 1.97. The summed E-state index contributed by atoms with van der Waals surface area (Å²) in [5.41, 5.74) is 1.81. The molecule has 0 aliphatic heterocycles. The third kappa shape index (κ3) is 4.41. The molecular weight excluding hydrogens is 295 g/mol. The first-order chi connectivity index (χ1) is 9.65. The topological polar surface area (TPSA) is 26.3 Å². The Hall–Kier alpha value is -1.77. The Kier molecular flexibility index (Phi) is 5.22. The van der Waals surface area contributed by atoms with E-state index in [1.54, 1.807) is 6.08 Å². The molecule has 102 valence electrons. The van der Waals surface area contributed by atoms with Crippen LogP contribution in [-0.4, -0.2) is 5.24 Å². The van der Waals surface area contributed by atoms with Gasteiger partial charge in [-0.2, -0.15) is 0 Å².